The Labute approximate surface area is 319 Å². The van der Waals surface area contributed by atoms with E-state index in [1.807, 2.05) is 6.20 Å². The number of pyridine rings is 1. The van der Waals surface area contributed by atoms with E-state index in [4.69, 9.17) is 9.40 Å². The van der Waals surface area contributed by atoms with Gasteiger partial charge in [0.05, 0.1) is 22.7 Å². The molecule has 0 atom stereocenters. The molecule has 1 aliphatic rings. The van der Waals surface area contributed by atoms with Crippen molar-refractivity contribution in [3.05, 3.63) is 229 Å². The summed E-state index contributed by atoms with van der Waals surface area (Å²) in [6.45, 7) is 0. The van der Waals surface area contributed by atoms with Crippen LogP contribution in [0.3, 0.4) is 0 Å². The van der Waals surface area contributed by atoms with Crippen LogP contribution in [-0.2, 0) is 5.41 Å². The predicted octanol–water partition coefficient (Wildman–Crippen LogP) is 13.6. The summed E-state index contributed by atoms with van der Waals surface area (Å²) in [5, 5.41) is 4.36. The van der Waals surface area contributed by atoms with Gasteiger partial charge in [-0.3, -0.25) is 0 Å². The molecule has 10 aromatic rings. The zero-order valence-corrected chi connectivity index (χ0v) is 29.9. The highest BCUT2D eigenvalue weighted by molar-refractivity contribution is 6.10. The van der Waals surface area contributed by atoms with E-state index in [0.29, 0.717) is 5.71 Å². The molecular formula is C52H34N2O. The summed E-state index contributed by atoms with van der Waals surface area (Å²) in [4.78, 5) is 7.30. The standard InChI is InChI=1S/C52H34N2O/c1-4-14-35(15-5-1)36-24-26-41(27-25-36)54(43-32-47-46-30-37-16-10-11-17-38(37)31-50(46)55-51(47)53-34-43)42-28-29-45-44-22-12-13-23-48(44)52(49(45)33-42,39-18-6-2-7-19-39)40-20-8-3-9-21-40/h1-34H. The number of furan rings is 1. The van der Waals surface area contributed by atoms with E-state index < -0.39 is 5.41 Å². The van der Waals surface area contributed by atoms with Crippen molar-refractivity contribution in [2.45, 2.75) is 5.41 Å². The van der Waals surface area contributed by atoms with Gasteiger partial charge in [-0.05, 0) is 97.7 Å². The van der Waals surface area contributed by atoms with E-state index in [9.17, 15) is 0 Å². The van der Waals surface area contributed by atoms with Crippen LogP contribution in [0.1, 0.15) is 22.3 Å². The molecule has 0 radical (unpaired) electrons. The van der Waals surface area contributed by atoms with E-state index in [0.717, 1.165) is 38.8 Å². The van der Waals surface area contributed by atoms with Crippen LogP contribution in [-0.4, -0.2) is 4.98 Å². The minimum absolute atomic E-state index is 0.517. The van der Waals surface area contributed by atoms with Gasteiger partial charge in [-0.1, -0.05) is 158 Å². The molecule has 3 nitrogen and oxygen atoms in total. The molecule has 258 valence electrons. The summed E-state index contributed by atoms with van der Waals surface area (Å²) in [5.41, 5.74) is 13.9. The molecular weight excluding hydrogens is 669 g/mol. The minimum atomic E-state index is -0.517. The Morgan fingerprint density at radius 2 is 1.00 bits per heavy atom. The van der Waals surface area contributed by atoms with Gasteiger partial charge in [-0.25, -0.2) is 4.98 Å². The van der Waals surface area contributed by atoms with Crippen molar-refractivity contribution in [2.75, 3.05) is 4.90 Å². The van der Waals surface area contributed by atoms with Crippen LogP contribution >= 0.6 is 0 Å². The lowest BCUT2D eigenvalue weighted by Crippen LogP contribution is -2.28. The summed E-state index contributed by atoms with van der Waals surface area (Å²) in [6.07, 6.45) is 1.94. The van der Waals surface area contributed by atoms with E-state index in [1.54, 1.807) is 0 Å². The summed E-state index contributed by atoms with van der Waals surface area (Å²) in [5.74, 6) is 0. The lowest BCUT2D eigenvalue weighted by molar-refractivity contribution is 0.654. The number of aromatic nitrogens is 1. The Kier molecular flexibility index (Phi) is 7.08. The third kappa shape index (κ3) is 4.87. The van der Waals surface area contributed by atoms with Gasteiger partial charge >= 0.3 is 0 Å². The number of nitrogens with zero attached hydrogens (tertiary/aromatic N) is 2. The van der Waals surface area contributed by atoms with E-state index in [-0.39, 0.29) is 0 Å². The third-order valence-corrected chi connectivity index (χ3v) is 11.4. The Morgan fingerprint density at radius 3 is 1.73 bits per heavy atom. The maximum atomic E-state index is 6.36. The fourth-order valence-electron chi connectivity index (χ4n) is 8.91. The minimum Gasteiger partial charge on any atom is -0.438 e. The number of hydrogen-bond donors (Lipinski definition) is 0. The zero-order chi connectivity index (χ0) is 36.3. The van der Waals surface area contributed by atoms with E-state index in [1.165, 1.54) is 49.9 Å². The molecule has 11 rings (SSSR count). The van der Waals surface area contributed by atoms with Crippen molar-refractivity contribution in [2.24, 2.45) is 0 Å². The molecule has 0 saturated heterocycles. The number of benzene rings is 8. The highest BCUT2D eigenvalue weighted by atomic mass is 16.3. The maximum absolute atomic E-state index is 6.36. The Balaban J connectivity index is 1.16. The SMILES string of the molecule is c1ccc(-c2ccc(N(c3ccc4c(c3)C(c3ccccc3)(c3ccccc3)c3ccccc3-4)c3cnc4oc5cc6ccccc6cc5c4c3)cc2)cc1. The molecule has 0 spiro atoms. The van der Waals surface area contributed by atoms with Gasteiger partial charge in [0.25, 0.3) is 0 Å². The van der Waals surface area contributed by atoms with Gasteiger partial charge in [0.15, 0.2) is 0 Å². The monoisotopic (exact) mass is 702 g/mol. The number of anilines is 3. The average molecular weight is 703 g/mol. The van der Waals surface area contributed by atoms with Crippen molar-refractivity contribution < 1.29 is 4.42 Å². The molecule has 8 aromatic carbocycles. The quantitative estimate of drug-likeness (QED) is 0.173. The smallest absolute Gasteiger partial charge is 0.227 e. The summed E-state index contributed by atoms with van der Waals surface area (Å²) in [7, 11) is 0. The first-order valence-electron chi connectivity index (χ1n) is 18.8. The summed E-state index contributed by atoms with van der Waals surface area (Å²) in [6, 6.07) is 72.2. The second-order valence-electron chi connectivity index (χ2n) is 14.3. The number of hydrogen-bond acceptors (Lipinski definition) is 3. The second kappa shape index (κ2) is 12.4. The van der Waals surface area contributed by atoms with Crippen LogP contribution in [0.5, 0.6) is 0 Å². The van der Waals surface area contributed by atoms with Gasteiger partial charge in [0.2, 0.25) is 5.71 Å². The van der Waals surface area contributed by atoms with Crippen molar-refractivity contribution in [3.8, 4) is 22.3 Å². The van der Waals surface area contributed by atoms with Gasteiger partial charge < -0.3 is 9.32 Å². The van der Waals surface area contributed by atoms with Crippen LogP contribution in [0.25, 0.3) is 55.1 Å². The van der Waals surface area contributed by atoms with Gasteiger partial charge in [-0.15, -0.1) is 0 Å². The van der Waals surface area contributed by atoms with Crippen LogP contribution in [0, 0.1) is 0 Å². The number of fused-ring (bicyclic) bond motifs is 7. The first-order chi connectivity index (χ1) is 27.3. The first kappa shape index (κ1) is 31.3. The molecule has 0 saturated carbocycles. The summed E-state index contributed by atoms with van der Waals surface area (Å²) >= 11 is 0. The third-order valence-electron chi connectivity index (χ3n) is 11.4. The van der Waals surface area contributed by atoms with Gasteiger partial charge in [-0.2, -0.15) is 0 Å². The molecule has 3 heteroatoms. The fraction of sp³-hybridized carbons (Fsp3) is 0.0192. The molecule has 0 aliphatic heterocycles. The van der Waals surface area contributed by atoms with Gasteiger partial charge in [0, 0.05) is 16.8 Å². The molecule has 55 heavy (non-hydrogen) atoms. The highest BCUT2D eigenvalue weighted by Gasteiger charge is 2.46. The average Bonchev–Trinajstić information content (AvgIpc) is 3.76. The predicted molar refractivity (Wildman–Crippen MR) is 226 cm³/mol. The van der Waals surface area contributed by atoms with Crippen LogP contribution in [0.2, 0.25) is 0 Å². The van der Waals surface area contributed by atoms with Crippen LogP contribution < -0.4 is 4.90 Å². The molecule has 0 unspecified atom stereocenters. The second-order valence-corrected chi connectivity index (χ2v) is 14.3. The molecule has 0 fully saturated rings. The molecule has 0 N–H and O–H groups in total. The van der Waals surface area contributed by atoms with Crippen molar-refractivity contribution in [1.82, 2.24) is 4.98 Å². The summed E-state index contributed by atoms with van der Waals surface area (Å²) < 4.78 is 6.36. The van der Waals surface area contributed by atoms with Crippen molar-refractivity contribution >= 4 is 49.9 Å². The maximum Gasteiger partial charge on any atom is 0.227 e. The van der Waals surface area contributed by atoms with Crippen molar-refractivity contribution in [3.63, 3.8) is 0 Å². The number of rotatable bonds is 6. The van der Waals surface area contributed by atoms with Gasteiger partial charge in [0.1, 0.15) is 5.58 Å². The van der Waals surface area contributed by atoms with Crippen LogP contribution in [0.4, 0.5) is 17.1 Å². The normalized spacial score (nSPS) is 12.9. The Hall–Kier alpha value is -7.23. The highest BCUT2D eigenvalue weighted by Crippen LogP contribution is 2.57. The van der Waals surface area contributed by atoms with E-state index >= 15 is 0 Å². The molecule has 0 amide bonds. The largest absolute Gasteiger partial charge is 0.438 e. The van der Waals surface area contributed by atoms with E-state index in [2.05, 4.69) is 205 Å². The lowest BCUT2D eigenvalue weighted by atomic mass is 9.67. The molecule has 0 bridgehead atoms. The lowest BCUT2D eigenvalue weighted by Gasteiger charge is -2.34. The Morgan fingerprint density at radius 1 is 0.418 bits per heavy atom. The topological polar surface area (TPSA) is 29.3 Å². The van der Waals surface area contributed by atoms with Crippen LogP contribution in [0.15, 0.2) is 211 Å². The zero-order valence-electron chi connectivity index (χ0n) is 29.9. The molecule has 1 aliphatic carbocycles. The Bertz CT molecular complexity index is 2980. The van der Waals surface area contributed by atoms with Crippen molar-refractivity contribution in [1.29, 1.82) is 0 Å². The molecule has 2 heterocycles. The molecule has 2 aromatic heterocycles. The fourth-order valence-corrected chi connectivity index (χ4v) is 8.91. The first-order valence-corrected chi connectivity index (χ1v) is 18.8.